The van der Waals surface area contributed by atoms with Crippen molar-refractivity contribution in [3.63, 3.8) is 0 Å². The van der Waals surface area contributed by atoms with E-state index in [4.69, 9.17) is 0 Å². The molecule has 0 bridgehead atoms. The minimum atomic E-state index is -0.609. The third-order valence-electron chi connectivity index (χ3n) is 3.54. The quantitative estimate of drug-likeness (QED) is 0.886. The first kappa shape index (κ1) is 15.3. The highest BCUT2D eigenvalue weighted by Gasteiger charge is 2.17. The fraction of sp³-hybridized carbons (Fsp3) is 0.278. The van der Waals surface area contributed by atoms with E-state index in [0.717, 1.165) is 11.1 Å². The second-order valence-corrected chi connectivity index (χ2v) is 5.39. The average Bonchev–Trinajstić information content (AvgIpc) is 2.48. The number of benzene rings is 2. The summed E-state index contributed by atoms with van der Waals surface area (Å²) >= 11 is 0. The van der Waals surface area contributed by atoms with Gasteiger partial charge in [0.15, 0.2) is 0 Å². The molecule has 0 fully saturated rings. The van der Waals surface area contributed by atoms with E-state index in [2.05, 4.69) is 5.32 Å². The van der Waals surface area contributed by atoms with Crippen LogP contribution >= 0.6 is 0 Å². The zero-order valence-corrected chi connectivity index (χ0v) is 12.4. The standard InChI is InChI=1S/C18H21NO2/c1-13-8-10-16(11-9-13)18(21)19-14(2)17(20)12-15-6-4-3-5-7-15/h3-11,14,17,20H,12H2,1-2H3,(H,19,21). The van der Waals surface area contributed by atoms with Crippen molar-refractivity contribution in [1.82, 2.24) is 5.32 Å². The molecule has 0 aliphatic heterocycles. The summed E-state index contributed by atoms with van der Waals surface area (Å²) in [6, 6.07) is 16.9. The molecule has 2 aromatic carbocycles. The van der Waals surface area contributed by atoms with Gasteiger partial charge in [-0.05, 0) is 31.5 Å². The first-order valence-corrected chi connectivity index (χ1v) is 7.16. The van der Waals surface area contributed by atoms with E-state index in [0.29, 0.717) is 12.0 Å². The third kappa shape index (κ3) is 4.43. The number of rotatable bonds is 5. The summed E-state index contributed by atoms with van der Waals surface area (Å²) in [7, 11) is 0. The van der Waals surface area contributed by atoms with Gasteiger partial charge in [-0.25, -0.2) is 0 Å². The molecule has 0 aliphatic carbocycles. The molecule has 21 heavy (non-hydrogen) atoms. The van der Waals surface area contributed by atoms with Crippen LogP contribution in [-0.2, 0) is 6.42 Å². The average molecular weight is 283 g/mol. The van der Waals surface area contributed by atoms with Gasteiger partial charge in [0.2, 0.25) is 0 Å². The number of carbonyl (C=O) groups is 1. The van der Waals surface area contributed by atoms with E-state index in [1.54, 1.807) is 12.1 Å². The molecule has 110 valence electrons. The third-order valence-corrected chi connectivity index (χ3v) is 3.54. The van der Waals surface area contributed by atoms with E-state index in [-0.39, 0.29) is 11.9 Å². The van der Waals surface area contributed by atoms with Crippen molar-refractivity contribution in [3.05, 3.63) is 71.3 Å². The van der Waals surface area contributed by atoms with Crippen LogP contribution in [0.3, 0.4) is 0 Å². The van der Waals surface area contributed by atoms with Crippen LogP contribution in [0.4, 0.5) is 0 Å². The lowest BCUT2D eigenvalue weighted by Gasteiger charge is -2.20. The van der Waals surface area contributed by atoms with Crippen molar-refractivity contribution in [2.45, 2.75) is 32.4 Å². The molecular formula is C18H21NO2. The van der Waals surface area contributed by atoms with E-state index < -0.39 is 6.10 Å². The van der Waals surface area contributed by atoms with Crippen LogP contribution in [-0.4, -0.2) is 23.2 Å². The molecule has 2 unspecified atom stereocenters. The van der Waals surface area contributed by atoms with Crippen LogP contribution < -0.4 is 5.32 Å². The molecule has 1 amide bonds. The number of hydrogen-bond acceptors (Lipinski definition) is 2. The molecule has 0 saturated heterocycles. The lowest BCUT2D eigenvalue weighted by molar-refractivity contribution is 0.0852. The van der Waals surface area contributed by atoms with Crippen molar-refractivity contribution in [3.8, 4) is 0 Å². The minimum Gasteiger partial charge on any atom is -0.391 e. The van der Waals surface area contributed by atoms with Crippen molar-refractivity contribution in [2.75, 3.05) is 0 Å². The first-order chi connectivity index (χ1) is 10.1. The second-order valence-electron chi connectivity index (χ2n) is 5.39. The summed E-state index contributed by atoms with van der Waals surface area (Å²) in [5, 5.41) is 13.0. The van der Waals surface area contributed by atoms with Gasteiger partial charge in [-0.1, -0.05) is 48.0 Å². The Balaban J connectivity index is 1.92. The Morgan fingerprint density at radius 3 is 2.33 bits per heavy atom. The van der Waals surface area contributed by atoms with E-state index in [1.165, 1.54) is 0 Å². The Morgan fingerprint density at radius 2 is 1.71 bits per heavy atom. The van der Waals surface area contributed by atoms with Gasteiger partial charge in [0.05, 0.1) is 12.1 Å². The maximum Gasteiger partial charge on any atom is 0.251 e. The largest absolute Gasteiger partial charge is 0.391 e. The Bertz CT molecular complexity index is 578. The van der Waals surface area contributed by atoms with Crippen LogP contribution in [0, 0.1) is 6.92 Å². The molecule has 2 atom stereocenters. The molecule has 3 nitrogen and oxygen atoms in total. The second kappa shape index (κ2) is 7.04. The number of carbonyl (C=O) groups excluding carboxylic acids is 1. The predicted octanol–water partition coefficient (Wildman–Crippen LogP) is 2.72. The zero-order chi connectivity index (χ0) is 15.2. The molecule has 0 spiro atoms. The number of aliphatic hydroxyl groups excluding tert-OH is 1. The van der Waals surface area contributed by atoms with Crippen molar-refractivity contribution < 1.29 is 9.90 Å². The SMILES string of the molecule is Cc1ccc(C(=O)NC(C)C(O)Cc2ccccc2)cc1. The van der Waals surface area contributed by atoms with E-state index in [1.807, 2.05) is 56.3 Å². The van der Waals surface area contributed by atoms with E-state index in [9.17, 15) is 9.90 Å². The van der Waals surface area contributed by atoms with Crippen molar-refractivity contribution in [2.24, 2.45) is 0 Å². The molecule has 2 N–H and O–H groups in total. The summed E-state index contributed by atoms with van der Waals surface area (Å²) in [6.45, 7) is 3.80. The Morgan fingerprint density at radius 1 is 1.10 bits per heavy atom. The van der Waals surface area contributed by atoms with Crippen LogP contribution in [0.1, 0.15) is 28.4 Å². The van der Waals surface area contributed by atoms with Crippen LogP contribution in [0.2, 0.25) is 0 Å². The molecule has 3 heteroatoms. The number of hydrogen-bond donors (Lipinski definition) is 2. The molecule has 0 aliphatic rings. The Labute approximate surface area is 125 Å². The first-order valence-electron chi connectivity index (χ1n) is 7.16. The van der Waals surface area contributed by atoms with Gasteiger partial charge in [-0.3, -0.25) is 4.79 Å². The molecule has 2 rings (SSSR count). The molecular weight excluding hydrogens is 262 g/mol. The summed E-state index contributed by atoms with van der Waals surface area (Å²) < 4.78 is 0. The number of nitrogens with one attached hydrogen (secondary N) is 1. The summed E-state index contributed by atoms with van der Waals surface area (Å²) in [4.78, 5) is 12.1. The maximum absolute atomic E-state index is 12.1. The monoisotopic (exact) mass is 283 g/mol. The Hall–Kier alpha value is -2.13. The lowest BCUT2D eigenvalue weighted by Crippen LogP contribution is -2.42. The van der Waals surface area contributed by atoms with Gasteiger partial charge in [-0.15, -0.1) is 0 Å². The number of aryl methyl sites for hydroxylation is 1. The van der Waals surface area contributed by atoms with Crippen LogP contribution in [0.15, 0.2) is 54.6 Å². The van der Waals surface area contributed by atoms with Gasteiger partial charge in [0.25, 0.3) is 5.91 Å². The molecule has 0 aromatic heterocycles. The van der Waals surface area contributed by atoms with Gasteiger partial charge >= 0.3 is 0 Å². The zero-order valence-electron chi connectivity index (χ0n) is 12.4. The maximum atomic E-state index is 12.1. The summed E-state index contributed by atoms with van der Waals surface area (Å²) in [5.74, 6) is -0.158. The molecule has 2 aromatic rings. The minimum absolute atomic E-state index is 0.158. The van der Waals surface area contributed by atoms with Crippen LogP contribution in [0.5, 0.6) is 0 Å². The topological polar surface area (TPSA) is 49.3 Å². The molecule has 0 saturated carbocycles. The van der Waals surface area contributed by atoms with Gasteiger partial charge in [0, 0.05) is 12.0 Å². The summed E-state index contributed by atoms with van der Waals surface area (Å²) in [5.41, 5.74) is 2.78. The highest BCUT2D eigenvalue weighted by molar-refractivity contribution is 5.94. The smallest absolute Gasteiger partial charge is 0.251 e. The fourth-order valence-electron chi connectivity index (χ4n) is 2.12. The van der Waals surface area contributed by atoms with Gasteiger partial charge in [-0.2, -0.15) is 0 Å². The summed E-state index contributed by atoms with van der Waals surface area (Å²) in [6.07, 6.45) is -0.0855. The molecule has 0 heterocycles. The lowest BCUT2D eigenvalue weighted by atomic mass is 10.0. The highest BCUT2D eigenvalue weighted by atomic mass is 16.3. The highest BCUT2D eigenvalue weighted by Crippen LogP contribution is 2.08. The normalized spacial score (nSPS) is 13.5. The van der Waals surface area contributed by atoms with Gasteiger partial charge < -0.3 is 10.4 Å². The van der Waals surface area contributed by atoms with Crippen molar-refractivity contribution in [1.29, 1.82) is 0 Å². The fourth-order valence-corrected chi connectivity index (χ4v) is 2.12. The van der Waals surface area contributed by atoms with Gasteiger partial charge in [0.1, 0.15) is 0 Å². The van der Waals surface area contributed by atoms with E-state index >= 15 is 0 Å². The molecule has 0 radical (unpaired) electrons. The predicted molar refractivity (Wildman–Crippen MR) is 84.3 cm³/mol. The number of aliphatic hydroxyl groups is 1. The van der Waals surface area contributed by atoms with Crippen LogP contribution in [0.25, 0.3) is 0 Å². The Kier molecular flexibility index (Phi) is 5.12. The van der Waals surface area contributed by atoms with Crippen molar-refractivity contribution >= 4 is 5.91 Å². The number of amides is 1.